The van der Waals surface area contributed by atoms with E-state index in [9.17, 15) is 4.79 Å². The van der Waals surface area contributed by atoms with Crippen LogP contribution in [0.1, 0.15) is 20.8 Å². The molecular formula is C20H14BrNOS. The molecule has 2 aromatic carbocycles. The standard InChI is InChI=1S/C20H14BrNOS/c21-15-9-7-14(8-10-15)12-22-13-17(16-4-1-2-5-18(16)22)20(23)19-6-3-11-24-19/h1-11,13H,12H2. The van der Waals surface area contributed by atoms with Gasteiger partial charge in [-0.1, -0.05) is 52.3 Å². The Hall–Kier alpha value is -2.17. The fraction of sp³-hybridized carbons (Fsp3) is 0.0500. The third kappa shape index (κ3) is 2.83. The highest BCUT2D eigenvalue weighted by Gasteiger charge is 2.17. The number of halogens is 1. The Morgan fingerprint density at radius 3 is 2.54 bits per heavy atom. The molecule has 0 fully saturated rings. The van der Waals surface area contributed by atoms with Gasteiger partial charge >= 0.3 is 0 Å². The summed E-state index contributed by atoms with van der Waals surface area (Å²) in [5.41, 5.74) is 3.06. The molecule has 2 aromatic heterocycles. The van der Waals surface area contributed by atoms with Gasteiger partial charge in [0.2, 0.25) is 5.78 Å². The summed E-state index contributed by atoms with van der Waals surface area (Å²) in [6.07, 6.45) is 1.98. The number of para-hydroxylation sites is 1. The van der Waals surface area contributed by atoms with Gasteiger partial charge in [0.25, 0.3) is 0 Å². The Morgan fingerprint density at radius 1 is 1.00 bits per heavy atom. The second-order valence-electron chi connectivity index (χ2n) is 5.62. The first-order valence-corrected chi connectivity index (χ1v) is 9.30. The molecule has 2 heterocycles. The fourth-order valence-electron chi connectivity index (χ4n) is 2.89. The SMILES string of the molecule is O=C(c1cccs1)c1cn(Cc2ccc(Br)cc2)c2ccccc12. The first-order chi connectivity index (χ1) is 11.7. The largest absolute Gasteiger partial charge is 0.342 e. The molecule has 118 valence electrons. The van der Waals surface area contributed by atoms with E-state index in [1.54, 1.807) is 0 Å². The minimum absolute atomic E-state index is 0.0933. The van der Waals surface area contributed by atoms with Crippen molar-refractivity contribution >= 4 is 44.0 Å². The highest BCUT2D eigenvalue weighted by Crippen LogP contribution is 2.26. The van der Waals surface area contributed by atoms with Crippen LogP contribution < -0.4 is 0 Å². The molecule has 24 heavy (non-hydrogen) atoms. The van der Waals surface area contributed by atoms with Crippen molar-refractivity contribution in [2.45, 2.75) is 6.54 Å². The average molecular weight is 396 g/mol. The molecule has 4 rings (SSSR count). The monoisotopic (exact) mass is 395 g/mol. The lowest BCUT2D eigenvalue weighted by molar-refractivity contribution is 0.104. The van der Waals surface area contributed by atoms with Crippen LogP contribution in [0.15, 0.2) is 76.7 Å². The summed E-state index contributed by atoms with van der Waals surface area (Å²) in [4.78, 5) is 13.6. The van der Waals surface area contributed by atoms with Crippen molar-refractivity contribution in [3.63, 3.8) is 0 Å². The number of thiophene rings is 1. The van der Waals surface area contributed by atoms with Crippen molar-refractivity contribution in [2.75, 3.05) is 0 Å². The highest BCUT2D eigenvalue weighted by molar-refractivity contribution is 9.10. The summed E-state index contributed by atoms with van der Waals surface area (Å²) >= 11 is 4.95. The molecule has 4 heteroatoms. The predicted octanol–water partition coefficient (Wildman–Crippen LogP) is 5.74. The van der Waals surface area contributed by atoms with Gasteiger partial charge in [0.05, 0.1) is 4.88 Å². The third-order valence-corrected chi connectivity index (χ3v) is 5.44. The summed E-state index contributed by atoms with van der Waals surface area (Å²) in [6.45, 7) is 0.742. The van der Waals surface area contributed by atoms with Gasteiger partial charge in [0.15, 0.2) is 0 Å². The second kappa shape index (κ2) is 6.38. The third-order valence-electron chi connectivity index (χ3n) is 4.04. The number of ketones is 1. The number of benzene rings is 2. The van der Waals surface area contributed by atoms with E-state index in [0.717, 1.165) is 32.4 Å². The molecule has 2 nitrogen and oxygen atoms in total. The highest BCUT2D eigenvalue weighted by atomic mass is 79.9. The van der Waals surface area contributed by atoms with Gasteiger partial charge in [-0.05, 0) is 35.2 Å². The van der Waals surface area contributed by atoms with Gasteiger partial charge in [-0.15, -0.1) is 11.3 Å². The minimum Gasteiger partial charge on any atom is -0.342 e. The molecule has 0 atom stereocenters. The van der Waals surface area contributed by atoms with E-state index >= 15 is 0 Å². The molecule has 0 radical (unpaired) electrons. The molecule has 0 aliphatic heterocycles. The van der Waals surface area contributed by atoms with Crippen molar-refractivity contribution in [2.24, 2.45) is 0 Å². The molecule has 0 amide bonds. The van der Waals surface area contributed by atoms with Crippen LogP contribution in [-0.2, 0) is 6.54 Å². The van der Waals surface area contributed by atoms with Crippen LogP contribution in [0, 0.1) is 0 Å². The quantitative estimate of drug-likeness (QED) is 0.403. The molecule has 0 aliphatic rings. The molecule has 0 unspecified atom stereocenters. The van der Waals surface area contributed by atoms with Crippen molar-refractivity contribution in [1.82, 2.24) is 4.57 Å². The molecule has 0 N–H and O–H groups in total. The van der Waals surface area contributed by atoms with E-state index in [2.05, 4.69) is 38.7 Å². The summed E-state index contributed by atoms with van der Waals surface area (Å²) in [6, 6.07) is 20.2. The van der Waals surface area contributed by atoms with Gasteiger partial charge in [0.1, 0.15) is 0 Å². The maximum atomic E-state index is 12.8. The van der Waals surface area contributed by atoms with Crippen LogP contribution in [0.5, 0.6) is 0 Å². The first kappa shape index (κ1) is 15.4. The Bertz CT molecular complexity index is 1000. The van der Waals surface area contributed by atoms with Crippen molar-refractivity contribution in [3.05, 3.63) is 92.7 Å². The molecule has 4 aromatic rings. The number of rotatable bonds is 4. The zero-order chi connectivity index (χ0) is 16.5. The van der Waals surface area contributed by atoms with E-state index < -0.39 is 0 Å². The number of hydrogen-bond acceptors (Lipinski definition) is 2. The Balaban J connectivity index is 1.79. The summed E-state index contributed by atoms with van der Waals surface area (Å²) in [7, 11) is 0. The van der Waals surface area contributed by atoms with Crippen LogP contribution in [0.4, 0.5) is 0 Å². The zero-order valence-corrected chi connectivity index (χ0v) is 15.2. The van der Waals surface area contributed by atoms with Crippen molar-refractivity contribution < 1.29 is 4.79 Å². The number of hydrogen-bond donors (Lipinski definition) is 0. The van der Waals surface area contributed by atoms with Crippen LogP contribution in [0.25, 0.3) is 10.9 Å². The number of nitrogens with zero attached hydrogens (tertiary/aromatic N) is 1. The predicted molar refractivity (Wildman–Crippen MR) is 103 cm³/mol. The lowest BCUT2D eigenvalue weighted by Crippen LogP contribution is -1.99. The van der Waals surface area contributed by atoms with Gasteiger partial charge in [0, 0.05) is 33.7 Å². The van der Waals surface area contributed by atoms with E-state index in [-0.39, 0.29) is 5.78 Å². The molecular weight excluding hydrogens is 382 g/mol. The Labute approximate surface area is 152 Å². The number of carbonyl (C=O) groups is 1. The van der Waals surface area contributed by atoms with Gasteiger partial charge in [-0.2, -0.15) is 0 Å². The fourth-order valence-corrected chi connectivity index (χ4v) is 3.83. The Morgan fingerprint density at radius 2 is 1.79 bits per heavy atom. The summed E-state index contributed by atoms with van der Waals surface area (Å²) in [5, 5.41) is 2.95. The van der Waals surface area contributed by atoms with Gasteiger partial charge in [-0.3, -0.25) is 4.79 Å². The number of carbonyl (C=O) groups excluding carboxylic acids is 1. The first-order valence-electron chi connectivity index (χ1n) is 7.63. The molecule has 0 aliphatic carbocycles. The van der Waals surface area contributed by atoms with Crippen LogP contribution >= 0.6 is 27.3 Å². The van der Waals surface area contributed by atoms with Crippen LogP contribution in [0.2, 0.25) is 0 Å². The minimum atomic E-state index is 0.0933. The maximum Gasteiger partial charge on any atom is 0.205 e. The van der Waals surface area contributed by atoms with Crippen molar-refractivity contribution in [1.29, 1.82) is 0 Å². The van der Waals surface area contributed by atoms with Gasteiger partial charge < -0.3 is 4.57 Å². The van der Waals surface area contributed by atoms with E-state index in [1.807, 2.05) is 54.0 Å². The van der Waals surface area contributed by atoms with Gasteiger partial charge in [-0.25, -0.2) is 0 Å². The summed E-state index contributed by atoms with van der Waals surface area (Å²) in [5.74, 6) is 0.0933. The maximum absolute atomic E-state index is 12.8. The van der Waals surface area contributed by atoms with E-state index in [0.29, 0.717) is 0 Å². The van der Waals surface area contributed by atoms with E-state index in [1.165, 1.54) is 16.9 Å². The molecule has 0 saturated heterocycles. The Kier molecular flexibility index (Phi) is 4.08. The smallest absolute Gasteiger partial charge is 0.205 e. The van der Waals surface area contributed by atoms with E-state index in [4.69, 9.17) is 0 Å². The lowest BCUT2D eigenvalue weighted by atomic mass is 10.1. The molecule has 0 bridgehead atoms. The molecule has 0 spiro atoms. The summed E-state index contributed by atoms with van der Waals surface area (Å²) < 4.78 is 3.22. The normalized spacial score (nSPS) is 11.0. The topological polar surface area (TPSA) is 22.0 Å². The van der Waals surface area contributed by atoms with Crippen molar-refractivity contribution in [3.8, 4) is 0 Å². The van der Waals surface area contributed by atoms with Crippen LogP contribution in [-0.4, -0.2) is 10.4 Å². The molecule has 0 saturated carbocycles. The lowest BCUT2D eigenvalue weighted by Gasteiger charge is -2.05. The zero-order valence-electron chi connectivity index (χ0n) is 12.8. The second-order valence-corrected chi connectivity index (χ2v) is 7.48. The van der Waals surface area contributed by atoms with Crippen LogP contribution in [0.3, 0.4) is 0 Å². The number of aromatic nitrogens is 1. The average Bonchev–Trinajstić information content (AvgIpc) is 3.25. The number of fused-ring (bicyclic) bond motifs is 1.